The molecule has 0 N–H and O–H groups in total. The van der Waals surface area contributed by atoms with Crippen LogP contribution in [0.4, 0.5) is 4.39 Å². The molecule has 14 heavy (non-hydrogen) atoms. The van der Waals surface area contributed by atoms with E-state index in [0.29, 0.717) is 13.1 Å². The normalized spacial score (nSPS) is 10.1. The van der Waals surface area contributed by atoms with E-state index < -0.39 is 0 Å². The Balaban J connectivity index is 2.63. The van der Waals surface area contributed by atoms with Gasteiger partial charge in [0.2, 0.25) is 0 Å². The molecule has 1 aromatic heterocycles. The third kappa shape index (κ3) is 3.11. The van der Waals surface area contributed by atoms with Crippen LogP contribution in [-0.2, 0) is 6.54 Å². The van der Waals surface area contributed by atoms with Crippen LogP contribution in [0.25, 0.3) is 0 Å². The molecule has 0 spiro atoms. The van der Waals surface area contributed by atoms with Crippen molar-refractivity contribution in [1.29, 1.82) is 5.26 Å². The molecule has 0 aliphatic carbocycles. The van der Waals surface area contributed by atoms with E-state index in [0.717, 1.165) is 12.1 Å². The fourth-order valence-electron chi connectivity index (χ4n) is 1.18. The summed E-state index contributed by atoms with van der Waals surface area (Å²) >= 11 is 0. The van der Waals surface area contributed by atoms with E-state index in [2.05, 4.69) is 11.1 Å². The topological polar surface area (TPSA) is 39.9 Å². The molecule has 0 aliphatic heterocycles. The fraction of sp³-hybridized carbons (Fsp3) is 0.400. The summed E-state index contributed by atoms with van der Waals surface area (Å²) in [6, 6.07) is 3.50. The van der Waals surface area contributed by atoms with Crippen molar-refractivity contribution in [2.45, 2.75) is 13.5 Å². The van der Waals surface area contributed by atoms with Crippen LogP contribution in [0.3, 0.4) is 0 Å². The fourth-order valence-corrected chi connectivity index (χ4v) is 1.18. The molecule has 74 valence electrons. The molecule has 0 aromatic carbocycles. The molecule has 1 rings (SSSR count). The molecule has 0 fully saturated rings. The Bertz CT molecular complexity index is 332. The summed E-state index contributed by atoms with van der Waals surface area (Å²) in [6.07, 6.45) is 2.78. The zero-order chi connectivity index (χ0) is 10.4. The lowest BCUT2D eigenvalue weighted by atomic mass is 10.2. The van der Waals surface area contributed by atoms with Gasteiger partial charge in [-0.3, -0.25) is 9.88 Å². The van der Waals surface area contributed by atoms with E-state index in [1.807, 2.05) is 11.8 Å². The van der Waals surface area contributed by atoms with E-state index in [1.54, 1.807) is 6.20 Å². The van der Waals surface area contributed by atoms with Crippen molar-refractivity contribution >= 4 is 0 Å². The lowest BCUT2D eigenvalue weighted by Gasteiger charge is -2.15. The highest BCUT2D eigenvalue weighted by Crippen LogP contribution is 2.04. The number of rotatable bonds is 4. The van der Waals surface area contributed by atoms with Gasteiger partial charge in [-0.1, -0.05) is 6.92 Å². The standard InChI is InChI=1S/C10H12FN3/c1-2-14(4-3-12)8-9-5-10(11)7-13-6-9/h5-7H,2,4,8H2,1H3. The van der Waals surface area contributed by atoms with E-state index in [4.69, 9.17) is 5.26 Å². The molecule has 0 saturated carbocycles. The van der Waals surface area contributed by atoms with E-state index >= 15 is 0 Å². The molecule has 0 aliphatic rings. The average Bonchev–Trinajstić information content (AvgIpc) is 2.17. The predicted octanol–water partition coefficient (Wildman–Crippen LogP) is 1.57. The van der Waals surface area contributed by atoms with Gasteiger partial charge in [-0.15, -0.1) is 0 Å². The number of hydrogen-bond donors (Lipinski definition) is 0. The van der Waals surface area contributed by atoms with Gasteiger partial charge in [0.25, 0.3) is 0 Å². The Morgan fingerprint density at radius 3 is 2.93 bits per heavy atom. The zero-order valence-corrected chi connectivity index (χ0v) is 8.07. The first kappa shape index (κ1) is 10.6. The zero-order valence-electron chi connectivity index (χ0n) is 8.07. The molecule has 4 heteroatoms. The maximum atomic E-state index is 12.8. The first-order valence-electron chi connectivity index (χ1n) is 4.45. The van der Waals surface area contributed by atoms with Crippen molar-refractivity contribution in [3.05, 3.63) is 29.8 Å². The van der Waals surface area contributed by atoms with Gasteiger partial charge in [0.15, 0.2) is 0 Å². The van der Waals surface area contributed by atoms with Gasteiger partial charge in [0.05, 0.1) is 18.8 Å². The van der Waals surface area contributed by atoms with E-state index in [1.165, 1.54) is 12.3 Å². The predicted molar refractivity (Wildman–Crippen MR) is 50.8 cm³/mol. The van der Waals surface area contributed by atoms with Gasteiger partial charge in [-0.05, 0) is 18.2 Å². The SMILES string of the molecule is CCN(CC#N)Cc1cncc(F)c1. The largest absolute Gasteiger partial charge is 0.286 e. The Morgan fingerprint density at radius 2 is 2.36 bits per heavy atom. The van der Waals surface area contributed by atoms with Gasteiger partial charge in [-0.2, -0.15) is 5.26 Å². The Labute approximate surface area is 82.8 Å². The van der Waals surface area contributed by atoms with Crippen LogP contribution < -0.4 is 0 Å². The Hall–Kier alpha value is -1.47. The minimum absolute atomic E-state index is 0.337. The second-order valence-electron chi connectivity index (χ2n) is 2.97. The Morgan fingerprint density at radius 1 is 1.57 bits per heavy atom. The van der Waals surface area contributed by atoms with Gasteiger partial charge in [0, 0.05) is 12.7 Å². The molecule has 3 nitrogen and oxygen atoms in total. The van der Waals surface area contributed by atoms with Crippen LogP contribution in [0.1, 0.15) is 12.5 Å². The molecule has 0 radical (unpaired) electrons. The molecule has 0 bridgehead atoms. The second kappa shape index (κ2) is 5.30. The molecular formula is C10H12FN3. The highest BCUT2D eigenvalue weighted by Gasteiger charge is 2.03. The van der Waals surface area contributed by atoms with E-state index in [-0.39, 0.29) is 5.82 Å². The van der Waals surface area contributed by atoms with Crippen molar-refractivity contribution in [3.8, 4) is 6.07 Å². The van der Waals surface area contributed by atoms with Crippen LogP contribution in [-0.4, -0.2) is 23.0 Å². The minimum atomic E-state index is -0.337. The van der Waals surface area contributed by atoms with Crippen LogP contribution in [0.5, 0.6) is 0 Å². The minimum Gasteiger partial charge on any atom is -0.286 e. The van der Waals surface area contributed by atoms with Gasteiger partial charge in [0.1, 0.15) is 5.82 Å². The molecule has 0 unspecified atom stereocenters. The monoisotopic (exact) mass is 193 g/mol. The summed E-state index contributed by atoms with van der Waals surface area (Å²) < 4.78 is 12.8. The molecule has 0 saturated heterocycles. The molecule has 1 aromatic rings. The van der Waals surface area contributed by atoms with Crippen molar-refractivity contribution in [1.82, 2.24) is 9.88 Å². The quantitative estimate of drug-likeness (QED) is 0.681. The summed E-state index contributed by atoms with van der Waals surface area (Å²) in [7, 11) is 0. The third-order valence-corrected chi connectivity index (χ3v) is 1.91. The van der Waals surface area contributed by atoms with Gasteiger partial charge in [-0.25, -0.2) is 4.39 Å². The summed E-state index contributed by atoms with van der Waals surface area (Å²) in [6.45, 7) is 3.65. The maximum Gasteiger partial charge on any atom is 0.141 e. The molecule has 1 heterocycles. The molecule has 0 atom stereocenters. The molecular weight excluding hydrogens is 181 g/mol. The lowest BCUT2D eigenvalue weighted by molar-refractivity contribution is 0.314. The van der Waals surface area contributed by atoms with Crippen molar-refractivity contribution in [2.75, 3.05) is 13.1 Å². The lowest BCUT2D eigenvalue weighted by Crippen LogP contribution is -2.23. The van der Waals surface area contributed by atoms with Crippen molar-refractivity contribution in [3.63, 3.8) is 0 Å². The summed E-state index contributed by atoms with van der Waals surface area (Å²) in [5.74, 6) is -0.337. The number of aromatic nitrogens is 1. The van der Waals surface area contributed by atoms with Crippen molar-refractivity contribution < 1.29 is 4.39 Å². The number of nitriles is 1. The number of nitrogens with zero attached hydrogens (tertiary/aromatic N) is 3. The van der Waals surface area contributed by atoms with Gasteiger partial charge < -0.3 is 0 Å². The average molecular weight is 193 g/mol. The third-order valence-electron chi connectivity index (χ3n) is 1.91. The number of hydrogen-bond acceptors (Lipinski definition) is 3. The Kier molecular flexibility index (Phi) is 4.02. The van der Waals surface area contributed by atoms with Crippen molar-refractivity contribution in [2.24, 2.45) is 0 Å². The number of pyridine rings is 1. The second-order valence-corrected chi connectivity index (χ2v) is 2.97. The molecule has 0 amide bonds. The highest BCUT2D eigenvalue weighted by atomic mass is 19.1. The smallest absolute Gasteiger partial charge is 0.141 e. The summed E-state index contributed by atoms with van der Waals surface area (Å²) in [5.41, 5.74) is 0.794. The van der Waals surface area contributed by atoms with Crippen LogP contribution >= 0.6 is 0 Å². The maximum absolute atomic E-state index is 12.8. The summed E-state index contributed by atoms with van der Waals surface area (Å²) in [4.78, 5) is 5.66. The van der Waals surface area contributed by atoms with Gasteiger partial charge >= 0.3 is 0 Å². The van der Waals surface area contributed by atoms with Crippen LogP contribution in [0.2, 0.25) is 0 Å². The van der Waals surface area contributed by atoms with Crippen LogP contribution in [0, 0.1) is 17.1 Å². The first-order chi connectivity index (χ1) is 6.76. The first-order valence-corrected chi connectivity index (χ1v) is 4.45. The van der Waals surface area contributed by atoms with E-state index in [9.17, 15) is 4.39 Å². The number of halogens is 1. The highest BCUT2D eigenvalue weighted by molar-refractivity contribution is 5.10. The van der Waals surface area contributed by atoms with Crippen LogP contribution in [0.15, 0.2) is 18.5 Å². The summed E-state index contributed by atoms with van der Waals surface area (Å²) in [5, 5.41) is 8.52.